The number of hydrogen-bond donors (Lipinski definition) is 1. The van der Waals surface area contributed by atoms with Gasteiger partial charge in [0.2, 0.25) is 0 Å². The summed E-state index contributed by atoms with van der Waals surface area (Å²) >= 11 is 0. The van der Waals surface area contributed by atoms with E-state index in [1.807, 2.05) is 32.0 Å². The number of fused-ring (bicyclic) bond motifs is 1. The summed E-state index contributed by atoms with van der Waals surface area (Å²) in [6.45, 7) is 5.31. The van der Waals surface area contributed by atoms with Crippen LogP contribution in [0, 0.1) is 13.8 Å². The Kier molecular flexibility index (Phi) is 4.37. The van der Waals surface area contributed by atoms with Gasteiger partial charge < -0.3 is 19.5 Å². The molecule has 0 radical (unpaired) electrons. The molecule has 2 fully saturated rings. The smallest absolute Gasteiger partial charge is 0.312 e. The summed E-state index contributed by atoms with van der Waals surface area (Å²) in [5.41, 5.74) is 2.57. The third-order valence-corrected chi connectivity index (χ3v) is 5.32. The van der Waals surface area contributed by atoms with E-state index in [4.69, 9.17) is 4.42 Å². The Bertz CT molecular complexity index is 921. The maximum absolute atomic E-state index is 12.9. The van der Waals surface area contributed by atoms with Gasteiger partial charge in [0.25, 0.3) is 5.91 Å². The van der Waals surface area contributed by atoms with Crippen LogP contribution in [0.15, 0.2) is 22.6 Å². The Hall–Kier alpha value is -2.83. The molecule has 2 heterocycles. The molecule has 27 heavy (non-hydrogen) atoms. The van der Waals surface area contributed by atoms with E-state index < -0.39 is 11.8 Å². The first-order chi connectivity index (χ1) is 13.0. The van der Waals surface area contributed by atoms with E-state index in [-0.39, 0.29) is 11.9 Å². The highest BCUT2D eigenvalue weighted by atomic mass is 16.3. The molecule has 1 saturated heterocycles. The number of furan rings is 1. The third-order valence-electron chi connectivity index (χ3n) is 5.32. The summed E-state index contributed by atoms with van der Waals surface area (Å²) in [5.74, 6) is -0.867. The van der Waals surface area contributed by atoms with E-state index in [1.54, 1.807) is 4.90 Å². The zero-order valence-corrected chi connectivity index (χ0v) is 15.6. The fraction of sp³-hybridized carbons (Fsp3) is 0.450. The number of nitrogens with zero attached hydrogens (tertiary/aromatic N) is 2. The number of benzene rings is 1. The lowest BCUT2D eigenvalue weighted by molar-refractivity contribution is -0.146. The number of carbonyl (C=O) groups is 3. The number of amides is 3. The Morgan fingerprint density at radius 3 is 2.33 bits per heavy atom. The molecule has 7 nitrogen and oxygen atoms in total. The van der Waals surface area contributed by atoms with Crippen molar-refractivity contribution in [2.24, 2.45) is 0 Å². The van der Waals surface area contributed by atoms with Crippen LogP contribution < -0.4 is 5.32 Å². The van der Waals surface area contributed by atoms with Crippen LogP contribution >= 0.6 is 0 Å². The van der Waals surface area contributed by atoms with Gasteiger partial charge in [-0.15, -0.1) is 0 Å². The van der Waals surface area contributed by atoms with Crippen molar-refractivity contribution in [3.05, 3.63) is 35.1 Å². The number of piperazine rings is 1. The highest BCUT2D eigenvalue weighted by Gasteiger charge is 2.32. The molecule has 7 heteroatoms. The first-order valence-corrected chi connectivity index (χ1v) is 9.33. The Labute approximate surface area is 157 Å². The maximum atomic E-state index is 12.9. The lowest BCUT2D eigenvalue weighted by Crippen LogP contribution is -2.54. The summed E-state index contributed by atoms with van der Waals surface area (Å²) in [7, 11) is 0. The second kappa shape index (κ2) is 6.72. The van der Waals surface area contributed by atoms with Gasteiger partial charge in [-0.25, -0.2) is 0 Å². The lowest BCUT2D eigenvalue weighted by atomic mass is 10.1. The summed E-state index contributed by atoms with van der Waals surface area (Å²) in [5, 5.41) is 3.66. The first-order valence-electron chi connectivity index (χ1n) is 9.33. The van der Waals surface area contributed by atoms with E-state index in [9.17, 15) is 14.4 Å². The SMILES string of the molecule is Cc1c(C(=O)N2CCN(C(=O)C(=O)NC3CC3)CC2)oc2c(C)cccc12. The fourth-order valence-corrected chi connectivity index (χ4v) is 3.46. The fourth-order valence-electron chi connectivity index (χ4n) is 3.46. The second-order valence-corrected chi connectivity index (χ2v) is 7.34. The molecule has 1 aromatic carbocycles. The number of aryl methyl sites for hydroxylation is 2. The molecule has 4 rings (SSSR count). The molecule has 3 amide bonds. The van der Waals surface area contributed by atoms with Crippen molar-refractivity contribution in [1.82, 2.24) is 15.1 Å². The molecule has 1 N–H and O–H groups in total. The van der Waals surface area contributed by atoms with Crippen molar-refractivity contribution >= 4 is 28.7 Å². The largest absolute Gasteiger partial charge is 0.450 e. The third kappa shape index (κ3) is 3.29. The van der Waals surface area contributed by atoms with E-state index in [0.717, 1.165) is 34.9 Å². The minimum atomic E-state index is -0.541. The van der Waals surface area contributed by atoms with Crippen molar-refractivity contribution in [3.8, 4) is 0 Å². The number of carbonyl (C=O) groups excluding carboxylic acids is 3. The van der Waals surface area contributed by atoms with Crippen LogP contribution in [-0.2, 0) is 9.59 Å². The van der Waals surface area contributed by atoms with Crippen LogP contribution in [0.25, 0.3) is 11.0 Å². The van der Waals surface area contributed by atoms with Gasteiger partial charge >= 0.3 is 11.8 Å². The molecule has 2 aromatic rings. The molecule has 2 aliphatic rings. The number of hydrogen-bond acceptors (Lipinski definition) is 4. The van der Waals surface area contributed by atoms with Crippen molar-refractivity contribution in [2.75, 3.05) is 26.2 Å². The average molecular weight is 369 g/mol. The van der Waals surface area contributed by atoms with Gasteiger partial charge in [0.1, 0.15) is 5.58 Å². The van der Waals surface area contributed by atoms with Crippen LogP contribution in [0.2, 0.25) is 0 Å². The van der Waals surface area contributed by atoms with Crippen molar-refractivity contribution in [3.63, 3.8) is 0 Å². The van der Waals surface area contributed by atoms with Crippen LogP contribution in [0.3, 0.4) is 0 Å². The monoisotopic (exact) mass is 369 g/mol. The van der Waals surface area contributed by atoms with Gasteiger partial charge in [0, 0.05) is 43.2 Å². The van der Waals surface area contributed by atoms with Crippen LogP contribution in [0.5, 0.6) is 0 Å². The van der Waals surface area contributed by atoms with E-state index in [1.165, 1.54) is 4.90 Å². The minimum Gasteiger partial charge on any atom is -0.450 e. The molecule has 1 aliphatic heterocycles. The standard InChI is InChI=1S/C20H23N3O4/c1-12-4-3-5-15-13(2)17(27-16(12)15)19(25)22-8-10-23(11-9-22)20(26)18(24)21-14-6-7-14/h3-5,14H,6-11H2,1-2H3,(H,21,24). The van der Waals surface area contributed by atoms with Gasteiger partial charge in [0.05, 0.1) is 0 Å². The zero-order valence-electron chi connectivity index (χ0n) is 15.6. The molecule has 1 aliphatic carbocycles. The van der Waals surface area contributed by atoms with Crippen molar-refractivity contribution in [1.29, 1.82) is 0 Å². The van der Waals surface area contributed by atoms with Crippen LogP contribution in [0.1, 0.15) is 34.5 Å². The molecule has 0 spiro atoms. The van der Waals surface area contributed by atoms with Crippen LogP contribution in [0.4, 0.5) is 0 Å². The van der Waals surface area contributed by atoms with Crippen molar-refractivity contribution in [2.45, 2.75) is 32.7 Å². The summed E-state index contributed by atoms with van der Waals surface area (Å²) in [4.78, 5) is 40.2. The summed E-state index contributed by atoms with van der Waals surface area (Å²) in [6, 6.07) is 6.01. The highest BCUT2D eigenvalue weighted by Crippen LogP contribution is 2.28. The zero-order chi connectivity index (χ0) is 19.1. The van der Waals surface area contributed by atoms with E-state index in [0.29, 0.717) is 31.9 Å². The molecule has 1 aromatic heterocycles. The van der Waals surface area contributed by atoms with Gasteiger partial charge in [-0.1, -0.05) is 18.2 Å². The Morgan fingerprint density at radius 1 is 1.04 bits per heavy atom. The predicted molar refractivity (Wildman–Crippen MR) is 99.3 cm³/mol. The minimum absolute atomic E-state index is 0.156. The van der Waals surface area contributed by atoms with Crippen LogP contribution in [-0.4, -0.2) is 59.7 Å². The predicted octanol–water partition coefficient (Wildman–Crippen LogP) is 1.61. The quantitative estimate of drug-likeness (QED) is 0.816. The average Bonchev–Trinajstić information content (AvgIpc) is 3.43. The summed E-state index contributed by atoms with van der Waals surface area (Å²) in [6.07, 6.45) is 1.88. The number of nitrogens with one attached hydrogen (secondary N) is 1. The van der Waals surface area contributed by atoms with Gasteiger partial charge in [-0.3, -0.25) is 14.4 Å². The Balaban J connectivity index is 1.43. The molecule has 1 saturated carbocycles. The number of rotatable bonds is 2. The second-order valence-electron chi connectivity index (χ2n) is 7.34. The van der Waals surface area contributed by atoms with Gasteiger partial charge in [-0.2, -0.15) is 0 Å². The molecular weight excluding hydrogens is 346 g/mol. The molecule has 142 valence electrons. The van der Waals surface area contributed by atoms with Gasteiger partial charge in [0.15, 0.2) is 5.76 Å². The van der Waals surface area contributed by atoms with Gasteiger partial charge in [-0.05, 0) is 32.3 Å². The normalized spacial score (nSPS) is 17.3. The topological polar surface area (TPSA) is 82.9 Å². The molecule has 0 atom stereocenters. The summed E-state index contributed by atoms with van der Waals surface area (Å²) < 4.78 is 5.87. The lowest BCUT2D eigenvalue weighted by Gasteiger charge is -2.34. The maximum Gasteiger partial charge on any atom is 0.312 e. The Morgan fingerprint density at radius 2 is 1.70 bits per heavy atom. The molecule has 0 bridgehead atoms. The molecule has 0 unspecified atom stereocenters. The molecular formula is C20H23N3O4. The van der Waals surface area contributed by atoms with E-state index >= 15 is 0 Å². The highest BCUT2D eigenvalue weighted by molar-refractivity contribution is 6.35. The van der Waals surface area contributed by atoms with E-state index in [2.05, 4.69) is 5.32 Å². The first kappa shape index (κ1) is 17.6. The number of para-hydroxylation sites is 1. The van der Waals surface area contributed by atoms with Crippen molar-refractivity contribution < 1.29 is 18.8 Å².